The summed E-state index contributed by atoms with van der Waals surface area (Å²) in [4.78, 5) is 11.3. The van der Waals surface area contributed by atoms with E-state index in [0.29, 0.717) is 5.92 Å². The number of hydrogen-bond donors (Lipinski definition) is 2. The van der Waals surface area contributed by atoms with Crippen molar-refractivity contribution in [2.75, 3.05) is 13.1 Å². The molecule has 16 heavy (non-hydrogen) atoms. The van der Waals surface area contributed by atoms with Crippen molar-refractivity contribution in [2.45, 2.75) is 25.3 Å². The first-order valence-corrected chi connectivity index (χ1v) is 5.75. The van der Waals surface area contributed by atoms with Crippen molar-refractivity contribution >= 4 is 5.78 Å². The molecule has 0 amide bonds. The van der Waals surface area contributed by atoms with E-state index >= 15 is 0 Å². The molecule has 2 rings (SSSR count). The minimum Gasteiger partial charge on any atom is -0.326 e. The zero-order valence-corrected chi connectivity index (χ0v) is 9.57. The van der Waals surface area contributed by atoms with Crippen LogP contribution in [0, 0.1) is 0 Å². The normalized spacial score (nSPS) is 25.4. The van der Waals surface area contributed by atoms with Crippen LogP contribution in [-0.2, 0) is 0 Å². The smallest absolute Gasteiger partial charge is 0.159 e. The average molecular weight is 218 g/mol. The highest BCUT2D eigenvalue weighted by atomic mass is 16.1. The number of Topliss-reactive ketones (excluding diaryl/α,β-unsaturated/α-hetero) is 1. The Morgan fingerprint density at radius 2 is 2.31 bits per heavy atom. The Labute approximate surface area is 96.0 Å². The lowest BCUT2D eigenvalue weighted by molar-refractivity contribution is 0.101. The van der Waals surface area contributed by atoms with E-state index in [4.69, 9.17) is 5.73 Å². The molecule has 1 aliphatic rings. The van der Waals surface area contributed by atoms with E-state index in [-0.39, 0.29) is 11.8 Å². The van der Waals surface area contributed by atoms with E-state index in [1.54, 1.807) is 6.92 Å². The highest BCUT2D eigenvalue weighted by Crippen LogP contribution is 2.25. The molecule has 1 heterocycles. The number of benzene rings is 1. The maximum Gasteiger partial charge on any atom is 0.159 e. The minimum atomic E-state index is 0.115. The SMILES string of the molecule is CC(=O)c1cccc(C2CCNCC2N)c1. The fourth-order valence-corrected chi connectivity index (χ4v) is 2.28. The number of nitrogens with one attached hydrogen (secondary N) is 1. The van der Waals surface area contributed by atoms with Gasteiger partial charge < -0.3 is 11.1 Å². The van der Waals surface area contributed by atoms with Crippen molar-refractivity contribution in [3.05, 3.63) is 35.4 Å². The van der Waals surface area contributed by atoms with E-state index in [0.717, 1.165) is 25.1 Å². The third kappa shape index (κ3) is 2.31. The van der Waals surface area contributed by atoms with Crippen LogP contribution in [0.15, 0.2) is 24.3 Å². The number of ketones is 1. The number of rotatable bonds is 2. The summed E-state index contributed by atoms with van der Waals surface area (Å²) in [6, 6.07) is 8.01. The first kappa shape index (κ1) is 11.3. The lowest BCUT2D eigenvalue weighted by Crippen LogP contribution is -2.44. The summed E-state index contributed by atoms with van der Waals surface area (Å²) in [6.45, 7) is 3.46. The Hall–Kier alpha value is -1.19. The fourth-order valence-electron chi connectivity index (χ4n) is 2.28. The van der Waals surface area contributed by atoms with Gasteiger partial charge in [-0.3, -0.25) is 4.79 Å². The van der Waals surface area contributed by atoms with Gasteiger partial charge in [-0.2, -0.15) is 0 Å². The number of carbonyl (C=O) groups excluding carboxylic acids is 1. The van der Waals surface area contributed by atoms with Gasteiger partial charge in [-0.1, -0.05) is 18.2 Å². The molecular formula is C13H18N2O. The van der Waals surface area contributed by atoms with Crippen LogP contribution in [0.1, 0.15) is 35.2 Å². The van der Waals surface area contributed by atoms with E-state index < -0.39 is 0 Å². The van der Waals surface area contributed by atoms with Crippen LogP contribution in [0.25, 0.3) is 0 Å². The van der Waals surface area contributed by atoms with E-state index in [2.05, 4.69) is 11.4 Å². The Bertz CT molecular complexity index is 389. The molecule has 1 aliphatic heterocycles. The van der Waals surface area contributed by atoms with Crippen molar-refractivity contribution in [2.24, 2.45) is 5.73 Å². The third-order valence-corrected chi connectivity index (χ3v) is 3.25. The molecule has 2 unspecified atom stereocenters. The monoisotopic (exact) mass is 218 g/mol. The Morgan fingerprint density at radius 1 is 1.50 bits per heavy atom. The molecule has 0 spiro atoms. The summed E-state index contributed by atoms with van der Waals surface area (Å²) >= 11 is 0. The molecule has 0 saturated carbocycles. The molecule has 2 atom stereocenters. The van der Waals surface area contributed by atoms with Crippen molar-refractivity contribution in [3.8, 4) is 0 Å². The van der Waals surface area contributed by atoms with Crippen molar-refractivity contribution in [3.63, 3.8) is 0 Å². The van der Waals surface area contributed by atoms with Gasteiger partial charge in [-0.15, -0.1) is 0 Å². The Balaban J connectivity index is 2.25. The predicted octanol–water partition coefficient (Wildman–Crippen LogP) is 1.29. The summed E-state index contributed by atoms with van der Waals surface area (Å²) in [6.07, 6.45) is 1.04. The zero-order chi connectivity index (χ0) is 11.5. The molecule has 1 aromatic rings. The second kappa shape index (κ2) is 4.76. The van der Waals surface area contributed by atoms with Crippen molar-refractivity contribution in [1.82, 2.24) is 5.32 Å². The topological polar surface area (TPSA) is 55.1 Å². The molecule has 86 valence electrons. The molecule has 0 bridgehead atoms. The predicted molar refractivity (Wildman–Crippen MR) is 64.6 cm³/mol. The molecule has 3 N–H and O–H groups in total. The molecule has 0 radical (unpaired) electrons. The molecule has 0 aromatic heterocycles. The number of carbonyl (C=O) groups is 1. The molecule has 0 aliphatic carbocycles. The zero-order valence-electron chi connectivity index (χ0n) is 9.57. The van der Waals surface area contributed by atoms with E-state index in [1.807, 2.05) is 18.2 Å². The van der Waals surface area contributed by atoms with Crippen molar-refractivity contribution in [1.29, 1.82) is 0 Å². The van der Waals surface area contributed by atoms with Gasteiger partial charge in [0.05, 0.1) is 0 Å². The van der Waals surface area contributed by atoms with Gasteiger partial charge in [0.2, 0.25) is 0 Å². The van der Waals surface area contributed by atoms with Crippen LogP contribution in [0.5, 0.6) is 0 Å². The first-order valence-electron chi connectivity index (χ1n) is 5.75. The molecule has 1 saturated heterocycles. The second-order valence-corrected chi connectivity index (χ2v) is 4.44. The maximum absolute atomic E-state index is 11.3. The lowest BCUT2D eigenvalue weighted by Gasteiger charge is -2.29. The Morgan fingerprint density at radius 3 is 3.00 bits per heavy atom. The highest BCUT2D eigenvalue weighted by molar-refractivity contribution is 5.94. The summed E-state index contributed by atoms with van der Waals surface area (Å²) in [7, 11) is 0. The van der Waals surface area contributed by atoms with E-state index in [1.165, 1.54) is 5.56 Å². The minimum absolute atomic E-state index is 0.115. The standard InChI is InChI=1S/C13H18N2O/c1-9(16)10-3-2-4-11(7-10)12-5-6-15-8-13(12)14/h2-4,7,12-13,15H,5-6,8,14H2,1H3. The molecule has 3 nitrogen and oxygen atoms in total. The van der Waals surface area contributed by atoms with Crippen LogP contribution >= 0.6 is 0 Å². The van der Waals surface area contributed by atoms with Crippen LogP contribution in [0.3, 0.4) is 0 Å². The van der Waals surface area contributed by atoms with Gasteiger partial charge in [0.25, 0.3) is 0 Å². The highest BCUT2D eigenvalue weighted by Gasteiger charge is 2.23. The summed E-state index contributed by atoms with van der Waals surface area (Å²) in [5.41, 5.74) is 8.07. The summed E-state index contributed by atoms with van der Waals surface area (Å²) in [5.74, 6) is 0.491. The van der Waals surface area contributed by atoms with Gasteiger partial charge in [0.1, 0.15) is 0 Å². The van der Waals surface area contributed by atoms with Gasteiger partial charge >= 0.3 is 0 Å². The third-order valence-electron chi connectivity index (χ3n) is 3.25. The molecule has 3 heteroatoms. The Kier molecular flexibility index (Phi) is 3.36. The van der Waals surface area contributed by atoms with Crippen LogP contribution in [-0.4, -0.2) is 24.9 Å². The van der Waals surface area contributed by atoms with Crippen LogP contribution in [0.4, 0.5) is 0 Å². The van der Waals surface area contributed by atoms with Crippen LogP contribution < -0.4 is 11.1 Å². The second-order valence-electron chi connectivity index (χ2n) is 4.44. The van der Waals surface area contributed by atoms with Gasteiger partial charge in [-0.05, 0) is 31.5 Å². The summed E-state index contributed by atoms with van der Waals surface area (Å²) < 4.78 is 0. The van der Waals surface area contributed by atoms with Crippen molar-refractivity contribution < 1.29 is 4.79 Å². The number of piperidine rings is 1. The largest absolute Gasteiger partial charge is 0.326 e. The van der Waals surface area contributed by atoms with Gasteiger partial charge in [-0.25, -0.2) is 0 Å². The lowest BCUT2D eigenvalue weighted by atomic mass is 9.86. The molecule has 1 fully saturated rings. The average Bonchev–Trinajstić information content (AvgIpc) is 2.30. The van der Waals surface area contributed by atoms with E-state index in [9.17, 15) is 4.79 Å². The number of hydrogen-bond acceptors (Lipinski definition) is 3. The maximum atomic E-state index is 11.3. The van der Waals surface area contributed by atoms with Gasteiger partial charge in [0.15, 0.2) is 5.78 Å². The summed E-state index contributed by atoms with van der Waals surface area (Å²) in [5, 5.41) is 3.28. The number of nitrogens with two attached hydrogens (primary N) is 1. The van der Waals surface area contributed by atoms with Crippen LogP contribution in [0.2, 0.25) is 0 Å². The van der Waals surface area contributed by atoms with Gasteiger partial charge in [0, 0.05) is 24.1 Å². The fraction of sp³-hybridized carbons (Fsp3) is 0.462. The molecular weight excluding hydrogens is 200 g/mol. The molecule has 1 aromatic carbocycles. The quantitative estimate of drug-likeness (QED) is 0.735. The first-order chi connectivity index (χ1) is 7.68.